The third-order valence-electron chi connectivity index (χ3n) is 2.75. The standard InChI is InChI=1S/C14H17ClN4O2/c1-3-21-12-5-4-10(6-9(12)7-16)18-13-11(15)8-17-14(19-13)20-2/h4-6,8H,3,7,16H2,1-2H3,(H,17,18,19). The first kappa shape index (κ1) is 15.3. The monoisotopic (exact) mass is 308 g/mol. The summed E-state index contributed by atoms with van der Waals surface area (Å²) in [6.45, 7) is 2.90. The second-order valence-electron chi connectivity index (χ2n) is 4.14. The van der Waals surface area contributed by atoms with Crippen LogP contribution in [0, 0.1) is 0 Å². The number of rotatable bonds is 6. The van der Waals surface area contributed by atoms with E-state index in [1.807, 2.05) is 25.1 Å². The summed E-state index contributed by atoms with van der Waals surface area (Å²) in [4.78, 5) is 8.09. The highest BCUT2D eigenvalue weighted by molar-refractivity contribution is 6.32. The van der Waals surface area contributed by atoms with Gasteiger partial charge in [0.2, 0.25) is 0 Å². The number of nitrogens with one attached hydrogen (secondary N) is 1. The van der Waals surface area contributed by atoms with Crippen molar-refractivity contribution in [1.29, 1.82) is 0 Å². The second-order valence-corrected chi connectivity index (χ2v) is 4.55. The number of methoxy groups -OCH3 is 1. The quantitative estimate of drug-likeness (QED) is 0.854. The normalized spacial score (nSPS) is 10.3. The highest BCUT2D eigenvalue weighted by Gasteiger charge is 2.08. The minimum atomic E-state index is 0.242. The topological polar surface area (TPSA) is 82.3 Å². The summed E-state index contributed by atoms with van der Waals surface area (Å²) in [5, 5.41) is 3.52. The zero-order valence-electron chi connectivity index (χ0n) is 11.9. The van der Waals surface area contributed by atoms with Gasteiger partial charge in [0.25, 0.3) is 0 Å². The molecule has 0 unspecified atom stereocenters. The lowest BCUT2D eigenvalue weighted by atomic mass is 10.1. The van der Waals surface area contributed by atoms with Crippen LogP contribution in [0.25, 0.3) is 0 Å². The summed E-state index contributed by atoms with van der Waals surface area (Å²) in [6, 6.07) is 5.87. The maximum Gasteiger partial charge on any atom is 0.318 e. The number of hydrogen-bond donors (Lipinski definition) is 2. The molecule has 0 bridgehead atoms. The summed E-state index contributed by atoms with van der Waals surface area (Å²) in [7, 11) is 1.50. The summed E-state index contributed by atoms with van der Waals surface area (Å²) in [6.07, 6.45) is 1.48. The van der Waals surface area contributed by atoms with Crippen molar-refractivity contribution in [3.8, 4) is 11.8 Å². The van der Waals surface area contributed by atoms with Crippen LogP contribution < -0.4 is 20.5 Å². The third-order valence-corrected chi connectivity index (χ3v) is 3.02. The molecule has 0 saturated heterocycles. The average Bonchev–Trinajstić information content (AvgIpc) is 2.51. The minimum absolute atomic E-state index is 0.242. The van der Waals surface area contributed by atoms with E-state index in [1.54, 1.807) is 0 Å². The number of ether oxygens (including phenoxy) is 2. The van der Waals surface area contributed by atoms with Crippen molar-refractivity contribution in [2.24, 2.45) is 5.73 Å². The molecule has 0 aliphatic heterocycles. The van der Waals surface area contributed by atoms with E-state index in [2.05, 4.69) is 15.3 Å². The first-order valence-corrected chi connectivity index (χ1v) is 6.85. The SMILES string of the molecule is CCOc1ccc(Nc2nc(OC)ncc2Cl)cc1CN. The van der Waals surface area contributed by atoms with Gasteiger partial charge in [-0.1, -0.05) is 11.6 Å². The van der Waals surface area contributed by atoms with Crippen LogP contribution in [-0.4, -0.2) is 23.7 Å². The number of nitrogens with zero attached hydrogens (tertiary/aromatic N) is 2. The van der Waals surface area contributed by atoms with Gasteiger partial charge in [0.15, 0.2) is 5.82 Å². The fraction of sp³-hybridized carbons (Fsp3) is 0.286. The summed E-state index contributed by atoms with van der Waals surface area (Å²) in [5.74, 6) is 1.24. The van der Waals surface area contributed by atoms with Gasteiger partial charge in [0.05, 0.1) is 19.9 Å². The molecule has 1 aromatic carbocycles. The molecule has 0 spiro atoms. The molecule has 0 atom stereocenters. The largest absolute Gasteiger partial charge is 0.494 e. The maximum atomic E-state index is 6.07. The molecule has 21 heavy (non-hydrogen) atoms. The van der Waals surface area contributed by atoms with Crippen molar-refractivity contribution in [2.45, 2.75) is 13.5 Å². The van der Waals surface area contributed by atoms with Crippen LogP contribution in [0.1, 0.15) is 12.5 Å². The molecule has 2 aromatic rings. The van der Waals surface area contributed by atoms with Gasteiger partial charge in [0, 0.05) is 17.8 Å². The molecule has 7 heteroatoms. The molecular weight excluding hydrogens is 292 g/mol. The molecule has 0 aliphatic rings. The second kappa shape index (κ2) is 7.10. The zero-order valence-corrected chi connectivity index (χ0v) is 12.6. The Morgan fingerprint density at radius 1 is 1.38 bits per heavy atom. The first-order chi connectivity index (χ1) is 10.2. The number of benzene rings is 1. The fourth-order valence-electron chi connectivity index (χ4n) is 1.79. The van der Waals surface area contributed by atoms with Crippen LogP contribution in [0.15, 0.2) is 24.4 Å². The number of nitrogens with two attached hydrogens (primary N) is 1. The lowest BCUT2D eigenvalue weighted by Gasteiger charge is -2.12. The molecule has 0 aliphatic carbocycles. The van der Waals surface area contributed by atoms with Crippen LogP contribution in [0.3, 0.4) is 0 Å². The van der Waals surface area contributed by atoms with E-state index in [0.717, 1.165) is 17.0 Å². The lowest BCUT2D eigenvalue weighted by Crippen LogP contribution is -2.04. The molecule has 112 valence electrons. The number of anilines is 2. The van der Waals surface area contributed by atoms with E-state index in [9.17, 15) is 0 Å². The molecule has 0 fully saturated rings. The van der Waals surface area contributed by atoms with Gasteiger partial charge < -0.3 is 20.5 Å². The summed E-state index contributed by atoms with van der Waals surface area (Å²) < 4.78 is 10.5. The van der Waals surface area contributed by atoms with Crippen molar-refractivity contribution < 1.29 is 9.47 Å². The van der Waals surface area contributed by atoms with Crippen LogP contribution in [-0.2, 0) is 6.54 Å². The van der Waals surface area contributed by atoms with Gasteiger partial charge in [-0.3, -0.25) is 0 Å². The molecular formula is C14H17ClN4O2. The number of halogens is 1. The van der Waals surface area contributed by atoms with E-state index in [4.69, 9.17) is 26.8 Å². The molecule has 3 N–H and O–H groups in total. The van der Waals surface area contributed by atoms with Gasteiger partial charge in [0.1, 0.15) is 10.8 Å². The third kappa shape index (κ3) is 3.74. The molecule has 0 saturated carbocycles. The van der Waals surface area contributed by atoms with E-state index < -0.39 is 0 Å². The van der Waals surface area contributed by atoms with Crippen LogP contribution in [0.5, 0.6) is 11.8 Å². The van der Waals surface area contributed by atoms with E-state index in [-0.39, 0.29) is 6.01 Å². The predicted molar refractivity (Wildman–Crippen MR) is 82.4 cm³/mol. The van der Waals surface area contributed by atoms with Crippen LogP contribution in [0.2, 0.25) is 5.02 Å². The number of aromatic nitrogens is 2. The zero-order chi connectivity index (χ0) is 15.2. The molecule has 1 heterocycles. The fourth-order valence-corrected chi connectivity index (χ4v) is 1.93. The Bertz CT molecular complexity index is 622. The molecule has 1 aromatic heterocycles. The maximum absolute atomic E-state index is 6.07. The Kier molecular flexibility index (Phi) is 5.19. The highest BCUT2D eigenvalue weighted by Crippen LogP contribution is 2.27. The Morgan fingerprint density at radius 3 is 2.86 bits per heavy atom. The highest BCUT2D eigenvalue weighted by atomic mass is 35.5. The minimum Gasteiger partial charge on any atom is -0.494 e. The lowest BCUT2D eigenvalue weighted by molar-refractivity contribution is 0.336. The smallest absolute Gasteiger partial charge is 0.318 e. The summed E-state index contributed by atoms with van der Waals surface area (Å²) >= 11 is 6.07. The van der Waals surface area contributed by atoms with Crippen molar-refractivity contribution in [3.05, 3.63) is 35.0 Å². The Balaban J connectivity index is 2.27. The van der Waals surface area contributed by atoms with E-state index in [0.29, 0.717) is 24.0 Å². The van der Waals surface area contributed by atoms with E-state index in [1.165, 1.54) is 13.3 Å². The summed E-state index contributed by atoms with van der Waals surface area (Å²) in [5.41, 5.74) is 7.45. The Morgan fingerprint density at radius 2 is 2.19 bits per heavy atom. The van der Waals surface area contributed by atoms with Crippen LogP contribution in [0.4, 0.5) is 11.5 Å². The van der Waals surface area contributed by atoms with Crippen molar-refractivity contribution in [2.75, 3.05) is 19.0 Å². The molecule has 0 amide bonds. The average molecular weight is 309 g/mol. The van der Waals surface area contributed by atoms with E-state index >= 15 is 0 Å². The van der Waals surface area contributed by atoms with Crippen molar-refractivity contribution in [3.63, 3.8) is 0 Å². The Hall–Kier alpha value is -2.05. The first-order valence-electron chi connectivity index (χ1n) is 6.47. The Labute approximate surface area is 128 Å². The van der Waals surface area contributed by atoms with Crippen molar-refractivity contribution >= 4 is 23.1 Å². The number of hydrogen-bond acceptors (Lipinski definition) is 6. The van der Waals surface area contributed by atoms with Gasteiger partial charge >= 0.3 is 6.01 Å². The van der Waals surface area contributed by atoms with Gasteiger partial charge in [-0.05, 0) is 25.1 Å². The van der Waals surface area contributed by atoms with Crippen LogP contribution >= 0.6 is 11.6 Å². The van der Waals surface area contributed by atoms with Gasteiger partial charge in [-0.2, -0.15) is 4.98 Å². The van der Waals surface area contributed by atoms with Gasteiger partial charge in [-0.25, -0.2) is 4.98 Å². The predicted octanol–water partition coefficient (Wildman–Crippen LogP) is 2.74. The molecule has 6 nitrogen and oxygen atoms in total. The molecule has 2 rings (SSSR count). The van der Waals surface area contributed by atoms with Gasteiger partial charge in [-0.15, -0.1) is 0 Å². The molecule has 0 radical (unpaired) electrons. The van der Waals surface area contributed by atoms with Crippen molar-refractivity contribution in [1.82, 2.24) is 9.97 Å².